The van der Waals surface area contributed by atoms with E-state index in [1.54, 1.807) is 0 Å². The summed E-state index contributed by atoms with van der Waals surface area (Å²) in [5, 5.41) is 2.14. The highest BCUT2D eigenvalue weighted by Crippen LogP contribution is 2.15. The minimum absolute atomic E-state index is 0.247. The van der Waals surface area contributed by atoms with Crippen molar-refractivity contribution in [1.29, 1.82) is 0 Å². The van der Waals surface area contributed by atoms with Crippen LogP contribution in [-0.2, 0) is 4.74 Å². The van der Waals surface area contributed by atoms with E-state index in [4.69, 9.17) is 4.74 Å². The number of rotatable bonds is 2. The summed E-state index contributed by atoms with van der Waals surface area (Å²) in [4.78, 5) is 0.247. The highest BCUT2D eigenvalue weighted by molar-refractivity contribution is 9.09. The Morgan fingerprint density at radius 2 is 2.14 bits per heavy atom. The first-order chi connectivity index (χ1) is 6.86. The number of anilines is 1. The fourth-order valence-electron chi connectivity index (χ4n) is 1.38. The first kappa shape index (κ1) is 9.96. The number of ether oxygens (including phenoxy) is 1. The molecule has 1 aliphatic heterocycles. The molecule has 1 heterocycles. The average Bonchev–Trinajstić information content (AvgIpc) is 2.23. The molecule has 3 nitrogen and oxygen atoms in total. The van der Waals surface area contributed by atoms with E-state index in [2.05, 4.69) is 38.5 Å². The summed E-state index contributed by atoms with van der Waals surface area (Å²) in [5.74, 6) is 0. The van der Waals surface area contributed by atoms with Gasteiger partial charge in [-0.25, -0.2) is 5.01 Å². The molecule has 1 fully saturated rings. The molecule has 1 saturated heterocycles. The Balaban J connectivity index is 1.96. The van der Waals surface area contributed by atoms with Crippen molar-refractivity contribution < 1.29 is 4.74 Å². The summed E-state index contributed by atoms with van der Waals surface area (Å²) in [6.07, 6.45) is 0. The van der Waals surface area contributed by atoms with Crippen molar-refractivity contribution in [3.63, 3.8) is 0 Å². The fourth-order valence-corrected chi connectivity index (χ4v) is 1.87. The summed E-state index contributed by atoms with van der Waals surface area (Å²) in [6, 6.07) is 10.2. The zero-order valence-corrected chi connectivity index (χ0v) is 9.40. The predicted molar refractivity (Wildman–Crippen MR) is 60.3 cm³/mol. The third-order valence-electron chi connectivity index (χ3n) is 2.12. The van der Waals surface area contributed by atoms with Gasteiger partial charge in [0.05, 0.1) is 13.2 Å². The van der Waals surface area contributed by atoms with E-state index < -0.39 is 0 Å². The summed E-state index contributed by atoms with van der Waals surface area (Å²) in [5.41, 5.74) is 4.45. The van der Waals surface area contributed by atoms with E-state index in [0.717, 1.165) is 25.4 Å². The Labute approximate surface area is 92.1 Å². The SMILES string of the molecule is BrC1COCCN1Nc1ccccc1. The van der Waals surface area contributed by atoms with E-state index in [9.17, 15) is 0 Å². The molecular weight excluding hydrogens is 244 g/mol. The second-order valence-electron chi connectivity index (χ2n) is 3.18. The lowest BCUT2D eigenvalue weighted by atomic mass is 10.3. The van der Waals surface area contributed by atoms with E-state index in [1.165, 1.54) is 0 Å². The number of hydrogen-bond donors (Lipinski definition) is 1. The lowest BCUT2D eigenvalue weighted by molar-refractivity contribution is 0.0394. The van der Waals surface area contributed by atoms with Crippen LogP contribution >= 0.6 is 15.9 Å². The molecule has 1 unspecified atom stereocenters. The molecule has 1 aromatic rings. The molecule has 0 radical (unpaired) electrons. The lowest BCUT2D eigenvalue weighted by Crippen LogP contribution is -2.45. The minimum Gasteiger partial charge on any atom is -0.377 e. The van der Waals surface area contributed by atoms with Crippen molar-refractivity contribution >= 4 is 21.6 Å². The Bertz CT molecular complexity index is 281. The largest absolute Gasteiger partial charge is 0.377 e. The van der Waals surface area contributed by atoms with Gasteiger partial charge in [-0.3, -0.25) is 0 Å². The quantitative estimate of drug-likeness (QED) is 0.648. The van der Waals surface area contributed by atoms with Gasteiger partial charge in [0.2, 0.25) is 0 Å². The molecule has 0 amide bonds. The van der Waals surface area contributed by atoms with Crippen molar-refractivity contribution in [2.45, 2.75) is 4.95 Å². The van der Waals surface area contributed by atoms with Crippen molar-refractivity contribution in [3.8, 4) is 0 Å². The number of hydrogen-bond acceptors (Lipinski definition) is 3. The molecule has 2 rings (SSSR count). The van der Waals surface area contributed by atoms with Gasteiger partial charge in [0, 0.05) is 12.2 Å². The zero-order valence-electron chi connectivity index (χ0n) is 7.82. The van der Waals surface area contributed by atoms with Crippen LogP contribution in [0.5, 0.6) is 0 Å². The number of nitrogens with one attached hydrogen (secondary N) is 1. The topological polar surface area (TPSA) is 24.5 Å². The number of para-hydroxylation sites is 1. The van der Waals surface area contributed by atoms with E-state index >= 15 is 0 Å². The normalized spacial score (nSPS) is 23.4. The van der Waals surface area contributed by atoms with Crippen molar-refractivity contribution in [1.82, 2.24) is 5.01 Å². The molecule has 0 aliphatic carbocycles. The molecule has 0 aromatic heterocycles. The third-order valence-corrected chi connectivity index (χ3v) is 2.88. The smallest absolute Gasteiger partial charge is 0.107 e. The van der Waals surface area contributed by atoms with E-state index in [-0.39, 0.29) is 4.95 Å². The maximum absolute atomic E-state index is 5.32. The fraction of sp³-hybridized carbons (Fsp3) is 0.400. The number of hydrazine groups is 1. The second kappa shape index (κ2) is 4.77. The van der Waals surface area contributed by atoms with Crippen LogP contribution in [0, 0.1) is 0 Å². The molecular formula is C10H13BrN2O. The van der Waals surface area contributed by atoms with Gasteiger partial charge in [-0.15, -0.1) is 0 Å². The van der Waals surface area contributed by atoms with Crippen LogP contribution in [0.2, 0.25) is 0 Å². The molecule has 0 saturated carbocycles. The van der Waals surface area contributed by atoms with Crippen LogP contribution in [0.4, 0.5) is 5.69 Å². The Morgan fingerprint density at radius 1 is 1.36 bits per heavy atom. The number of benzene rings is 1. The van der Waals surface area contributed by atoms with Gasteiger partial charge in [-0.05, 0) is 12.1 Å². The Morgan fingerprint density at radius 3 is 2.86 bits per heavy atom. The van der Waals surface area contributed by atoms with Crippen LogP contribution in [0.25, 0.3) is 0 Å². The summed E-state index contributed by atoms with van der Waals surface area (Å²) in [7, 11) is 0. The van der Waals surface area contributed by atoms with Gasteiger partial charge < -0.3 is 10.2 Å². The van der Waals surface area contributed by atoms with E-state index in [1.807, 2.05) is 18.2 Å². The van der Waals surface area contributed by atoms with Crippen molar-refractivity contribution in [3.05, 3.63) is 30.3 Å². The van der Waals surface area contributed by atoms with Crippen molar-refractivity contribution in [2.24, 2.45) is 0 Å². The standard InChI is InChI=1S/C10H13BrN2O/c11-10-8-14-7-6-13(10)12-9-4-2-1-3-5-9/h1-5,10,12H,6-8H2. The zero-order chi connectivity index (χ0) is 9.80. The third kappa shape index (κ3) is 2.47. The first-order valence-corrected chi connectivity index (χ1v) is 5.58. The highest BCUT2D eigenvalue weighted by atomic mass is 79.9. The predicted octanol–water partition coefficient (Wildman–Crippen LogP) is 2.07. The first-order valence-electron chi connectivity index (χ1n) is 4.66. The van der Waals surface area contributed by atoms with Gasteiger partial charge >= 0.3 is 0 Å². The van der Waals surface area contributed by atoms with Crippen molar-refractivity contribution in [2.75, 3.05) is 25.2 Å². The molecule has 4 heteroatoms. The number of nitrogens with zero attached hydrogens (tertiary/aromatic N) is 1. The number of morpholine rings is 1. The minimum atomic E-state index is 0.247. The number of alkyl halides is 1. The summed E-state index contributed by atoms with van der Waals surface area (Å²) in [6.45, 7) is 2.40. The van der Waals surface area contributed by atoms with Crippen LogP contribution in [0.15, 0.2) is 30.3 Å². The monoisotopic (exact) mass is 256 g/mol. The number of halogens is 1. The van der Waals surface area contributed by atoms with E-state index in [0.29, 0.717) is 0 Å². The van der Waals surface area contributed by atoms with Crippen LogP contribution < -0.4 is 5.43 Å². The highest BCUT2D eigenvalue weighted by Gasteiger charge is 2.19. The summed E-state index contributed by atoms with van der Waals surface area (Å²) < 4.78 is 5.32. The van der Waals surface area contributed by atoms with Gasteiger partial charge in [0.15, 0.2) is 0 Å². The van der Waals surface area contributed by atoms with Gasteiger partial charge in [0.1, 0.15) is 4.95 Å². The van der Waals surface area contributed by atoms with Crippen LogP contribution in [0.3, 0.4) is 0 Å². The molecule has 1 N–H and O–H groups in total. The molecule has 0 spiro atoms. The summed E-state index contributed by atoms with van der Waals surface area (Å²) >= 11 is 3.55. The molecule has 1 aromatic carbocycles. The average molecular weight is 257 g/mol. The van der Waals surface area contributed by atoms with Crippen LogP contribution in [-0.4, -0.2) is 29.7 Å². The maximum atomic E-state index is 5.32. The molecule has 14 heavy (non-hydrogen) atoms. The van der Waals surface area contributed by atoms with Gasteiger partial charge in [-0.1, -0.05) is 34.1 Å². The Kier molecular flexibility index (Phi) is 3.39. The van der Waals surface area contributed by atoms with Gasteiger partial charge in [0.25, 0.3) is 0 Å². The molecule has 76 valence electrons. The maximum Gasteiger partial charge on any atom is 0.107 e. The molecule has 1 aliphatic rings. The lowest BCUT2D eigenvalue weighted by Gasteiger charge is -2.32. The Hall–Kier alpha value is -0.580. The molecule has 1 atom stereocenters. The van der Waals surface area contributed by atoms with Gasteiger partial charge in [-0.2, -0.15) is 0 Å². The second-order valence-corrected chi connectivity index (χ2v) is 4.24. The molecule has 0 bridgehead atoms. The van der Waals surface area contributed by atoms with Crippen LogP contribution in [0.1, 0.15) is 0 Å².